The zero-order valence-corrected chi connectivity index (χ0v) is 14.6. The molecule has 124 valence electrons. The van der Waals surface area contributed by atoms with Gasteiger partial charge in [0.15, 0.2) is 6.61 Å². The smallest absolute Gasteiger partial charge is 0.272 e. The largest absolute Gasteiger partial charge is 0.484 e. The van der Waals surface area contributed by atoms with Gasteiger partial charge in [-0.2, -0.15) is 0 Å². The van der Waals surface area contributed by atoms with Gasteiger partial charge in [0.2, 0.25) is 0 Å². The number of hydrogen-bond acceptors (Lipinski definition) is 5. The molecule has 6 nitrogen and oxygen atoms in total. The Kier molecular flexibility index (Phi) is 6.00. The number of carbonyl (C=O) groups is 1. The number of carbonyl (C=O) groups excluding carboxylic acids is 1. The summed E-state index contributed by atoms with van der Waals surface area (Å²) >= 11 is 6.58. The first kappa shape index (κ1) is 17.7. The monoisotopic (exact) mass is 374 g/mol. The lowest BCUT2D eigenvalue weighted by Crippen LogP contribution is -2.43. The average molecular weight is 375 g/mol. The van der Waals surface area contributed by atoms with Gasteiger partial charge in [0, 0.05) is 0 Å². The van der Waals surface area contributed by atoms with Crippen LogP contribution in [0.5, 0.6) is 5.75 Å². The van der Waals surface area contributed by atoms with Gasteiger partial charge in [-0.05, 0) is 36.2 Å². The zero-order valence-electron chi connectivity index (χ0n) is 12.2. The number of nitrogens with one attached hydrogen (secondary N) is 2. The number of halogens is 1. The highest BCUT2D eigenvalue weighted by Crippen LogP contribution is 2.24. The number of ether oxygens (including phenoxy) is 1. The molecule has 0 spiro atoms. The van der Waals surface area contributed by atoms with E-state index >= 15 is 0 Å². The Morgan fingerprint density at radius 2 is 1.91 bits per heavy atom. The third-order valence-corrected chi connectivity index (χ3v) is 5.81. The van der Waals surface area contributed by atoms with Crippen molar-refractivity contribution in [2.75, 3.05) is 6.61 Å². The molecule has 0 fully saturated rings. The minimum atomic E-state index is -3.83. The van der Waals surface area contributed by atoms with E-state index in [-0.39, 0.29) is 10.8 Å². The summed E-state index contributed by atoms with van der Waals surface area (Å²) in [6.07, 6.45) is 0.912. The van der Waals surface area contributed by atoms with Crippen LogP contribution in [0.1, 0.15) is 12.5 Å². The standard InChI is InChI=1S/C14H15ClN2O4S2/c1-2-10-3-5-11(6-4-10)21-9-13(18)16-17-23(19,20)14-8-7-12(15)22-14/h3-8,17H,2,9H2,1H3,(H,16,18). The van der Waals surface area contributed by atoms with Gasteiger partial charge in [-0.1, -0.05) is 30.7 Å². The van der Waals surface area contributed by atoms with Gasteiger partial charge in [-0.3, -0.25) is 10.2 Å². The fourth-order valence-electron chi connectivity index (χ4n) is 1.62. The maximum absolute atomic E-state index is 11.9. The van der Waals surface area contributed by atoms with E-state index < -0.39 is 15.9 Å². The van der Waals surface area contributed by atoms with Crippen LogP contribution in [0.2, 0.25) is 4.34 Å². The fourth-order valence-corrected chi connectivity index (χ4v) is 3.97. The topological polar surface area (TPSA) is 84.5 Å². The van der Waals surface area contributed by atoms with Crippen molar-refractivity contribution >= 4 is 38.9 Å². The van der Waals surface area contributed by atoms with Gasteiger partial charge >= 0.3 is 0 Å². The highest BCUT2D eigenvalue weighted by atomic mass is 35.5. The molecule has 0 aliphatic heterocycles. The Balaban J connectivity index is 1.82. The molecule has 23 heavy (non-hydrogen) atoms. The van der Waals surface area contributed by atoms with Crippen molar-refractivity contribution in [2.45, 2.75) is 17.6 Å². The van der Waals surface area contributed by atoms with Crippen LogP contribution >= 0.6 is 22.9 Å². The van der Waals surface area contributed by atoms with Crippen molar-refractivity contribution in [3.05, 3.63) is 46.3 Å². The lowest BCUT2D eigenvalue weighted by Gasteiger charge is -2.09. The number of aryl methyl sites for hydroxylation is 1. The Morgan fingerprint density at radius 1 is 1.22 bits per heavy atom. The number of benzene rings is 1. The number of hydrazine groups is 1. The van der Waals surface area contributed by atoms with Crippen LogP contribution in [0, 0.1) is 0 Å². The molecule has 2 aromatic rings. The lowest BCUT2D eigenvalue weighted by atomic mass is 10.2. The highest BCUT2D eigenvalue weighted by molar-refractivity contribution is 7.91. The number of thiophene rings is 1. The van der Waals surface area contributed by atoms with E-state index in [1.807, 2.05) is 23.9 Å². The molecular weight excluding hydrogens is 360 g/mol. The summed E-state index contributed by atoms with van der Waals surface area (Å²) in [6, 6.07) is 10.1. The number of amides is 1. The van der Waals surface area contributed by atoms with Gasteiger partial charge in [-0.15, -0.1) is 16.2 Å². The molecule has 0 aliphatic carbocycles. The molecule has 0 aliphatic rings. The number of sulfonamides is 1. The molecule has 1 aromatic heterocycles. The maximum Gasteiger partial charge on any atom is 0.272 e. The van der Waals surface area contributed by atoms with E-state index in [2.05, 4.69) is 5.43 Å². The van der Waals surface area contributed by atoms with Crippen LogP contribution in [0.4, 0.5) is 0 Å². The summed E-state index contributed by atoms with van der Waals surface area (Å²) in [5.74, 6) is -0.0824. The van der Waals surface area contributed by atoms with E-state index in [0.29, 0.717) is 10.1 Å². The first-order chi connectivity index (χ1) is 10.9. The van der Waals surface area contributed by atoms with Crippen LogP contribution in [-0.4, -0.2) is 20.9 Å². The van der Waals surface area contributed by atoms with Crippen molar-refractivity contribution in [3.63, 3.8) is 0 Å². The summed E-state index contributed by atoms with van der Waals surface area (Å²) in [7, 11) is -3.83. The molecule has 0 atom stereocenters. The molecule has 2 N–H and O–H groups in total. The quantitative estimate of drug-likeness (QED) is 0.728. The SMILES string of the molecule is CCc1ccc(OCC(=O)NNS(=O)(=O)c2ccc(Cl)s2)cc1. The molecule has 9 heteroatoms. The molecule has 0 unspecified atom stereocenters. The van der Waals surface area contributed by atoms with Crippen molar-refractivity contribution in [1.29, 1.82) is 0 Å². The average Bonchev–Trinajstić information content (AvgIpc) is 2.99. The van der Waals surface area contributed by atoms with Gasteiger partial charge in [0.25, 0.3) is 15.9 Å². The molecule has 1 aromatic carbocycles. The Hall–Kier alpha value is -1.61. The summed E-state index contributed by atoms with van der Waals surface area (Å²) in [5, 5.41) is 0. The van der Waals surface area contributed by atoms with E-state index in [1.165, 1.54) is 12.1 Å². The van der Waals surface area contributed by atoms with Crippen LogP contribution in [0.25, 0.3) is 0 Å². The second-order valence-corrected chi connectivity index (χ2v) is 8.12. The van der Waals surface area contributed by atoms with Gasteiger partial charge in [0.05, 0.1) is 4.34 Å². The maximum atomic E-state index is 11.9. The normalized spacial score (nSPS) is 11.2. The molecular formula is C14H15ClN2O4S2. The molecule has 1 amide bonds. The third-order valence-electron chi connectivity index (χ3n) is 2.84. The van der Waals surface area contributed by atoms with Gasteiger partial charge in [0.1, 0.15) is 9.96 Å². The Bertz CT molecular complexity index is 772. The van der Waals surface area contributed by atoms with Crippen LogP contribution in [-0.2, 0) is 21.2 Å². The summed E-state index contributed by atoms with van der Waals surface area (Å²) in [6.45, 7) is 1.73. The van der Waals surface area contributed by atoms with Gasteiger partial charge < -0.3 is 4.74 Å². The molecule has 1 heterocycles. The summed E-state index contributed by atoms with van der Waals surface area (Å²) in [5.41, 5.74) is 3.24. The predicted molar refractivity (Wildman–Crippen MR) is 89.1 cm³/mol. The second-order valence-electron chi connectivity index (χ2n) is 4.50. The van der Waals surface area contributed by atoms with E-state index in [1.54, 1.807) is 12.1 Å². The van der Waals surface area contributed by atoms with E-state index in [0.717, 1.165) is 23.3 Å². The third kappa shape index (κ3) is 5.21. The van der Waals surface area contributed by atoms with Gasteiger partial charge in [-0.25, -0.2) is 8.42 Å². The van der Waals surface area contributed by atoms with Crippen LogP contribution in [0.3, 0.4) is 0 Å². The second kappa shape index (κ2) is 7.78. The zero-order chi connectivity index (χ0) is 16.9. The predicted octanol–water partition coefficient (Wildman–Crippen LogP) is 2.35. The molecule has 0 saturated heterocycles. The minimum Gasteiger partial charge on any atom is -0.484 e. The fraction of sp³-hybridized carbons (Fsp3) is 0.214. The Morgan fingerprint density at radius 3 is 2.48 bits per heavy atom. The van der Waals surface area contributed by atoms with Crippen molar-refractivity contribution in [2.24, 2.45) is 0 Å². The summed E-state index contributed by atoms with van der Waals surface area (Å²) in [4.78, 5) is 13.6. The van der Waals surface area contributed by atoms with E-state index in [9.17, 15) is 13.2 Å². The lowest BCUT2D eigenvalue weighted by molar-refractivity contribution is -0.123. The number of hydrogen-bond donors (Lipinski definition) is 2. The molecule has 0 bridgehead atoms. The highest BCUT2D eigenvalue weighted by Gasteiger charge is 2.17. The van der Waals surface area contributed by atoms with Crippen molar-refractivity contribution in [3.8, 4) is 5.75 Å². The van der Waals surface area contributed by atoms with Crippen LogP contribution in [0.15, 0.2) is 40.6 Å². The van der Waals surface area contributed by atoms with Crippen LogP contribution < -0.4 is 15.0 Å². The first-order valence-corrected chi connectivity index (χ1v) is 9.36. The minimum absolute atomic E-state index is 0.0128. The Labute approximate surface area is 143 Å². The van der Waals surface area contributed by atoms with Crippen molar-refractivity contribution in [1.82, 2.24) is 10.3 Å². The van der Waals surface area contributed by atoms with Crippen molar-refractivity contribution < 1.29 is 17.9 Å². The first-order valence-electron chi connectivity index (χ1n) is 6.68. The summed E-state index contributed by atoms with van der Waals surface area (Å²) < 4.78 is 29.4. The molecule has 0 radical (unpaired) electrons. The van der Waals surface area contributed by atoms with E-state index in [4.69, 9.17) is 16.3 Å². The number of rotatable bonds is 7. The molecule has 2 rings (SSSR count). The molecule has 0 saturated carbocycles.